The second-order valence-corrected chi connectivity index (χ2v) is 8.51. The van der Waals surface area contributed by atoms with E-state index in [9.17, 15) is 4.79 Å². The summed E-state index contributed by atoms with van der Waals surface area (Å²) < 4.78 is 0. The molecule has 0 unspecified atom stereocenters. The third kappa shape index (κ3) is 5.18. The van der Waals surface area contributed by atoms with Crippen LogP contribution in [0, 0.1) is 0 Å². The fourth-order valence-electron chi connectivity index (χ4n) is 4.72. The number of aromatic carboxylic acids is 1. The van der Waals surface area contributed by atoms with Crippen molar-refractivity contribution >= 4 is 11.7 Å². The first-order chi connectivity index (χ1) is 14.2. The van der Waals surface area contributed by atoms with Crippen molar-refractivity contribution < 1.29 is 9.90 Å². The number of carboxylic acids is 1. The predicted octanol–water partition coefficient (Wildman–Crippen LogP) is 4.80. The Hall–Kier alpha value is -2.33. The summed E-state index contributed by atoms with van der Waals surface area (Å²) >= 11 is 0. The predicted molar refractivity (Wildman–Crippen MR) is 118 cm³/mol. The highest BCUT2D eigenvalue weighted by Gasteiger charge is 2.19. The molecule has 4 heteroatoms. The smallest absolute Gasteiger partial charge is 0.335 e. The van der Waals surface area contributed by atoms with Crippen molar-refractivity contribution in [2.24, 2.45) is 0 Å². The fourth-order valence-corrected chi connectivity index (χ4v) is 4.72. The van der Waals surface area contributed by atoms with Crippen LogP contribution in [-0.2, 0) is 6.42 Å². The zero-order valence-electron chi connectivity index (χ0n) is 17.2. The fraction of sp³-hybridized carbons (Fsp3) is 0.480. The summed E-state index contributed by atoms with van der Waals surface area (Å²) in [7, 11) is 0. The topological polar surface area (TPSA) is 43.8 Å². The number of hydrogen-bond donors (Lipinski definition) is 1. The van der Waals surface area contributed by atoms with Crippen LogP contribution in [0.2, 0.25) is 0 Å². The van der Waals surface area contributed by atoms with Gasteiger partial charge in [0.2, 0.25) is 0 Å². The quantitative estimate of drug-likeness (QED) is 0.767. The highest BCUT2D eigenvalue weighted by atomic mass is 16.4. The van der Waals surface area contributed by atoms with Crippen molar-refractivity contribution in [1.82, 2.24) is 4.90 Å². The minimum Gasteiger partial charge on any atom is -0.478 e. The van der Waals surface area contributed by atoms with Gasteiger partial charge in [0, 0.05) is 38.4 Å². The van der Waals surface area contributed by atoms with E-state index in [-0.39, 0.29) is 0 Å². The summed E-state index contributed by atoms with van der Waals surface area (Å²) in [6.07, 6.45) is 7.87. The van der Waals surface area contributed by atoms with E-state index in [1.54, 1.807) is 12.1 Å². The SMILES string of the molecule is O=C(O)c1ccc(CCN2CCN(c3ccc(C4CCCCC4)cc3)CC2)cc1. The summed E-state index contributed by atoms with van der Waals surface area (Å²) in [5.41, 5.74) is 4.45. The van der Waals surface area contributed by atoms with Crippen LogP contribution >= 0.6 is 0 Å². The van der Waals surface area contributed by atoms with Crippen molar-refractivity contribution in [2.45, 2.75) is 44.4 Å². The molecule has 0 aromatic heterocycles. The zero-order chi connectivity index (χ0) is 20.1. The lowest BCUT2D eigenvalue weighted by atomic mass is 9.84. The largest absolute Gasteiger partial charge is 0.478 e. The maximum atomic E-state index is 11.0. The zero-order valence-corrected chi connectivity index (χ0v) is 17.2. The number of nitrogens with zero attached hydrogens (tertiary/aromatic N) is 2. The number of hydrogen-bond acceptors (Lipinski definition) is 3. The molecule has 4 nitrogen and oxygen atoms in total. The number of piperazine rings is 1. The van der Waals surface area contributed by atoms with Gasteiger partial charge in [0.1, 0.15) is 0 Å². The van der Waals surface area contributed by atoms with Gasteiger partial charge in [-0.05, 0) is 60.6 Å². The molecule has 1 heterocycles. The van der Waals surface area contributed by atoms with Crippen LogP contribution in [0.4, 0.5) is 5.69 Å². The van der Waals surface area contributed by atoms with Crippen LogP contribution in [-0.4, -0.2) is 48.7 Å². The average molecular weight is 393 g/mol. The molecule has 0 radical (unpaired) electrons. The lowest BCUT2D eigenvalue weighted by Gasteiger charge is -2.36. The van der Waals surface area contributed by atoms with Crippen LogP contribution < -0.4 is 4.90 Å². The van der Waals surface area contributed by atoms with E-state index in [1.165, 1.54) is 48.9 Å². The van der Waals surface area contributed by atoms with E-state index in [0.29, 0.717) is 5.56 Å². The van der Waals surface area contributed by atoms with Crippen LogP contribution in [0.3, 0.4) is 0 Å². The first kappa shape index (κ1) is 20.0. The minimum atomic E-state index is -0.862. The van der Waals surface area contributed by atoms with Crippen molar-refractivity contribution in [2.75, 3.05) is 37.6 Å². The Labute approximate surface area is 174 Å². The molecule has 1 aliphatic carbocycles. The first-order valence-electron chi connectivity index (χ1n) is 11.1. The number of anilines is 1. The molecule has 0 bridgehead atoms. The molecule has 1 N–H and O–H groups in total. The molecule has 2 aliphatic rings. The third-order valence-electron chi connectivity index (χ3n) is 6.62. The number of carbonyl (C=O) groups is 1. The van der Waals surface area contributed by atoms with Gasteiger partial charge < -0.3 is 10.0 Å². The lowest BCUT2D eigenvalue weighted by molar-refractivity contribution is 0.0697. The molecule has 0 amide bonds. The van der Waals surface area contributed by atoms with Crippen LogP contribution in [0.5, 0.6) is 0 Å². The second kappa shape index (κ2) is 9.45. The van der Waals surface area contributed by atoms with E-state index in [1.807, 2.05) is 12.1 Å². The van der Waals surface area contributed by atoms with Crippen molar-refractivity contribution in [3.63, 3.8) is 0 Å². The van der Waals surface area contributed by atoms with Gasteiger partial charge in [0.15, 0.2) is 0 Å². The molecule has 29 heavy (non-hydrogen) atoms. The Balaban J connectivity index is 1.24. The third-order valence-corrected chi connectivity index (χ3v) is 6.62. The van der Waals surface area contributed by atoms with Gasteiger partial charge in [0.05, 0.1) is 5.56 Å². The lowest BCUT2D eigenvalue weighted by Crippen LogP contribution is -2.47. The van der Waals surface area contributed by atoms with Gasteiger partial charge in [-0.3, -0.25) is 4.90 Å². The van der Waals surface area contributed by atoms with Gasteiger partial charge in [-0.2, -0.15) is 0 Å². The van der Waals surface area contributed by atoms with Crippen molar-refractivity contribution in [3.05, 3.63) is 65.2 Å². The number of rotatable bonds is 6. The molecule has 2 aromatic rings. The minimum absolute atomic E-state index is 0.358. The van der Waals surface area contributed by atoms with Gasteiger partial charge in [-0.1, -0.05) is 43.5 Å². The normalized spacial score (nSPS) is 18.7. The van der Waals surface area contributed by atoms with Gasteiger partial charge in [-0.25, -0.2) is 4.79 Å². The van der Waals surface area contributed by atoms with Crippen LogP contribution in [0.25, 0.3) is 0 Å². The van der Waals surface area contributed by atoms with Gasteiger partial charge >= 0.3 is 5.97 Å². The van der Waals surface area contributed by atoms with E-state index in [2.05, 4.69) is 34.1 Å². The Bertz CT molecular complexity index is 787. The molecular formula is C25H32N2O2. The van der Waals surface area contributed by atoms with Gasteiger partial charge in [0.25, 0.3) is 0 Å². The molecule has 2 fully saturated rings. The summed E-state index contributed by atoms with van der Waals surface area (Å²) in [4.78, 5) is 16.0. The Morgan fingerprint density at radius 2 is 1.52 bits per heavy atom. The van der Waals surface area contributed by atoms with Gasteiger partial charge in [-0.15, -0.1) is 0 Å². The van der Waals surface area contributed by atoms with Crippen LogP contribution in [0.15, 0.2) is 48.5 Å². The molecule has 1 aliphatic heterocycles. The molecule has 4 rings (SSSR count). The van der Waals surface area contributed by atoms with Crippen molar-refractivity contribution in [1.29, 1.82) is 0 Å². The molecule has 1 saturated heterocycles. The Kier molecular flexibility index (Phi) is 6.50. The van der Waals surface area contributed by atoms with E-state index in [4.69, 9.17) is 5.11 Å². The summed E-state index contributed by atoms with van der Waals surface area (Å²) in [5, 5.41) is 9.00. The molecule has 2 aromatic carbocycles. The monoisotopic (exact) mass is 392 g/mol. The average Bonchev–Trinajstić information content (AvgIpc) is 2.79. The molecule has 0 spiro atoms. The first-order valence-corrected chi connectivity index (χ1v) is 11.1. The van der Waals surface area contributed by atoms with E-state index in [0.717, 1.165) is 45.1 Å². The van der Waals surface area contributed by atoms with E-state index < -0.39 is 5.97 Å². The number of carboxylic acid groups (broad SMARTS) is 1. The molecule has 154 valence electrons. The Morgan fingerprint density at radius 3 is 2.14 bits per heavy atom. The maximum Gasteiger partial charge on any atom is 0.335 e. The van der Waals surface area contributed by atoms with E-state index >= 15 is 0 Å². The number of benzene rings is 2. The Morgan fingerprint density at radius 1 is 0.862 bits per heavy atom. The second-order valence-electron chi connectivity index (χ2n) is 8.51. The summed E-state index contributed by atoms with van der Waals surface area (Å²) in [5.74, 6) is -0.0846. The highest BCUT2D eigenvalue weighted by molar-refractivity contribution is 5.87. The van der Waals surface area contributed by atoms with Crippen molar-refractivity contribution in [3.8, 4) is 0 Å². The molecule has 1 saturated carbocycles. The maximum absolute atomic E-state index is 11.0. The molecular weight excluding hydrogens is 360 g/mol. The summed E-state index contributed by atoms with van der Waals surface area (Å²) in [6, 6.07) is 16.6. The highest BCUT2D eigenvalue weighted by Crippen LogP contribution is 2.33. The van der Waals surface area contributed by atoms with Crippen LogP contribution in [0.1, 0.15) is 59.5 Å². The summed E-state index contributed by atoms with van der Waals surface area (Å²) in [6.45, 7) is 5.33. The standard InChI is InChI=1S/C25H32N2O2/c28-25(29)23-8-6-20(7-9-23)14-15-26-16-18-27(19-17-26)24-12-10-22(11-13-24)21-4-2-1-3-5-21/h6-13,21H,1-5,14-19H2,(H,28,29). The molecule has 0 atom stereocenters.